The molecule has 1 unspecified atom stereocenters. The summed E-state index contributed by atoms with van der Waals surface area (Å²) in [7, 11) is 3.44. The van der Waals surface area contributed by atoms with Crippen molar-refractivity contribution in [3.63, 3.8) is 0 Å². The van der Waals surface area contributed by atoms with Crippen molar-refractivity contribution in [3.8, 4) is 0 Å². The third kappa shape index (κ3) is 2.88. The van der Waals surface area contributed by atoms with E-state index in [1.165, 1.54) is 0 Å². The number of ether oxygens (including phenoxy) is 1. The van der Waals surface area contributed by atoms with Crippen molar-refractivity contribution in [1.29, 1.82) is 0 Å². The lowest BCUT2D eigenvalue weighted by Crippen LogP contribution is -2.30. The Morgan fingerprint density at radius 1 is 1.56 bits per heavy atom. The van der Waals surface area contributed by atoms with E-state index >= 15 is 0 Å². The Labute approximate surface area is 107 Å². The summed E-state index contributed by atoms with van der Waals surface area (Å²) in [5.74, 6) is 2.24. The van der Waals surface area contributed by atoms with Crippen LogP contribution in [0.4, 0.5) is 11.6 Å². The fourth-order valence-electron chi connectivity index (χ4n) is 2.11. The standard InChI is InChI=1S/C12H20N4O2/c1-12(17)4-5-16(8-12)11-6-9(13-2)14-10(15-11)7-18-3/h6,17H,4-5,7-8H2,1-3H3,(H,13,14,15). The highest BCUT2D eigenvalue weighted by molar-refractivity contribution is 5.50. The molecule has 0 spiro atoms. The first-order valence-corrected chi connectivity index (χ1v) is 6.06. The van der Waals surface area contributed by atoms with Crippen LogP contribution in [-0.2, 0) is 11.3 Å². The maximum atomic E-state index is 10.00. The molecular weight excluding hydrogens is 232 g/mol. The van der Waals surface area contributed by atoms with Crippen LogP contribution in [0.15, 0.2) is 6.07 Å². The van der Waals surface area contributed by atoms with E-state index in [9.17, 15) is 5.11 Å². The fraction of sp³-hybridized carbons (Fsp3) is 0.667. The summed E-state index contributed by atoms with van der Waals surface area (Å²) in [6.45, 7) is 3.63. The molecule has 18 heavy (non-hydrogen) atoms. The molecule has 2 heterocycles. The highest BCUT2D eigenvalue weighted by Gasteiger charge is 2.32. The molecule has 0 aromatic carbocycles. The topological polar surface area (TPSA) is 70.5 Å². The zero-order valence-electron chi connectivity index (χ0n) is 11.1. The number of β-amino-alcohol motifs (C(OH)–C–C–N with tert-alkyl or cyclic N) is 1. The molecule has 0 amide bonds. The van der Waals surface area contributed by atoms with Crippen LogP contribution in [0.3, 0.4) is 0 Å². The van der Waals surface area contributed by atoms with Gasteiger partial charge in [0.05, 0.1) is 5.60 Å². The maximum absolute atomic E-state index is 10.00. The van der Waals surface area contributed by atoms with Gasteiger partial charge in [-0.3, -0.25) is 0 Å². The number of aromatic nitrogens is 2. The average molecular weight is 252 g/mol. The predicted molar refractivity (Wildman–Crippen MR) is 69.7 cm³/mol. The van der Waals surface area contributed by atoms with Crippen LogP contribution in [-0.4, -0.2) is 47.9 Å². The third-order valence-corrected chi connectivity index (χ3v) is 3.06. The molecule has 6 nitrogen and oxygen atoms in total. The molecule has 0 saturated carbocycles. The molecule has 1 aliphatic rings. The number of nitrogens with zero attached hydrogens (tertiary/aromatic N) is 3. The van der Waals surface area contributed by atoms with Gasteiger partial charge in [-0.05, 0) is 13.3 Å². The van der Waals surface area contributed by atoms with Crippen molar-refractivity contribution in [1.82, 2.24) is 9.97 Å². The summed E-state index contributed by atoms with van der Waals surface area (Å²) in [6.07, 6.45) is 0.755. The Balaban J connectivity index is 2.24. The smallest absolute Gasteiger partial charge is 0.158 e. The van der Waals surface area contributed by atoms with E-state index in [0.717, 1.165) is 24.6 Å². The second-order valence-corrected chi connectivity index (χ2v) is 4.88. The molecule has 100 valence electrons. The summed E-state index contributed by atoms with van der Waals surface area (Å²) in [5.41, 5.74) is -0.633. The highest BCUT2D eigenvalue weighted by Crippen LogP contribution is 2.26. The van der Waals surface area contributed by atoms with Gasteiger partial charge in [0.25, 0.3) is 0 Å². The van der Waals surface area contributed by atoms with Crippen LogP contribution in [0, 0.1) is 0 Å². The summed E-state index contributed by atoms with van der Waals surface area (Å²) in [5, 5.41) is 13.0. The van der Waals surface area contributed by atoms with Gasteiger partial charge in [0.2, 0.25) is 0 Å². The first-order valence-electron chi connectivity index (χ1n) is 6.06. The van der Waals surface area contributed by atoms with Gasteiger partial charge < -0.3 is 20.1 Å². The molecular formula is C12H20N4O2. The Morgan fingerprint density at radius 3 is 2.89 bits per heavy atom. The molecule has 1 atom stereocenters. The summed E-state index contributed by atoms with van der Waals surface area (Å²) < 4.78 is 5.07. The van der Waals surface area contributed by atoms with Gasteiger partial charge in [-0.15, -0.1) is 0 Å². The van der Waals surface area contributed by atoms with Gasteiger partial charge in [-0.25, -0.2) is 9.97 Å². The van der Waals surface area contributed by atoms with Gasteiger partial charge in [-0.2, -0.15) is 0 Å². The largest absolute Gasteiger partial charge is 0.388 e. The number of aliphatic hydroxyl groups is 1. The Kier molecular flexibility index (Phi) is 3.68. The van der Waals surface area contributed by atoms with Gasteiger partial charge in [-0.1, -0.05) is 0 Å². The molecule has 1 aliphatic heterocycles. The number of anilines is 2. The second kappa shape index (κ2) is 5.07. The van der Waals surface area contributed by atoms with E-state index in [4.69, 9.17) is 4.74 Å². The minimum absolute atomic E-state index is 0.382. The summed E-state index contributed by atoms with van der Waals surface area (Å²) >= 11 is 0. The SMILES string of the molecule is CNc1cc(N2CCC(C)(O)C2)nc(COC)n1. The van der Waals surface area contributed by atoms with Crippen LogP contribution < -0.4 is 10.2 Å². The van der Waals surface area contributed by atoms with Crippen LogP contribution in [0.25, 0.3) is 0 Å². The number of methoxy groups -OCH3 is 1. The van der Waals surface area contributed by atoms with Crippen LogP contribution in [0.2, 0.25) is 0 Å². The number of hydrogen-bond acceptors (Lipinski definition) is 6. The normalized spacial score (nSPS) is 23.4. The number of nitrogens with one attached hydrogen (secondary N) is 1. The Bertz CT molecular complexity index is 423. The van der Waals surface area contributed by atoms with Gasteiger partial charge >= 0.3 is 0 Å². The minimum atomic E-state index is -0.633. The highest BCUT2D eigenvalue weighted by atomic mass is 16.5. The molecule has 6 heteroatoms. The second-order valence-electron chi connectivity index (χ2n) is 4.88. The van der Waals surface area contributed by atoms with E-state index in [1.54, 1.807) is 7.11 Å². The fourth-order valence-corrected chi connectivity index (χ4v) is 2.11. The summed E-state index contributed by atoms with van der Waals surface area (Å²) in [6, 6.07) is 1.89. The molecule has 2 N–H and O–H groups in total. The lowest BCUT2D eigenvalue weighted by Gasteiger charge is -2.20. The van der Waals surface area contributed by atoms with Crippen molar-refractivity contribution >= 4 is 11.6 Å². The van der Waals surface area contributed by atoms with E-state index in [-0.39, 0.29) is 0 Å². The Morgan fingerprint density at radius 2 is 2.33 bits per heavy atom. The van der Waals surface area contributed by atoms with Crippen LogP contribution >= 0.6 is 0 Å². The first-order chi connectivity index (χ1) is 8.54. The monoisotopic (exact) mass is 252 g/mol. The first kappa shape index (κ1) is 13.0. The molecule has 1 aromatic rings. The van der Waals surface area contributed by atoms with Crippen molar-refractivity contribution in [3.05, 3.63) is 11.9 Å². The molecule has 1 fully saturated rings. The molecule has 0 aliphatic carbocycles. The maximum Gasteiger partial charge on any atom is 0.158 e. The molecule has 0 bridgehead atoms. The zero-order valence-corrected chi connectivity index (χ0v) is 11.1. The van der Waals surface area contributed by atoms with E-state index in [0.29, 0.717) is 19.0 Å². The average Bonchev–Trinajstić information content (AvgIpc) is 2.70. The van der Waals surface area contributed by atoms with E-state index < -0.39 is 5.60 Å². The molecule has 2 rings (SSSR count). The molecule has 1 saturated heterocycles. The lowest BCUT2D eigenvalue weighted by atomic mass is 10.1. The number of hydrogen-bond donors (Lipinski definition) is 2. The van der Waals surface area contributed by atoms with E-state index in [1.807, 2.05) is 20.0 Å². The zero-order chi connectivity index (χ0) is 13.2. The van der Waals surface area contributed by atoms with Gasteiger partial charge in [0.1, 0.15) is 18.2 Å². The van der Waals surface area contributed by atoms with Crippen LogP contribution in [0.5, 0.6) is 0 Å². The van der Waals surface area contributed by atoms with Crippen molar-refractivity contribution < 1.29 is 9.84 Å². The van der Waals surface area contributed by atoms with Crippen LogP contribution in [0.1, 0.15) is 19.2 Å². The van der Waals surface area contributed by atoms with Gasteiger partial charge in [0, 0.05) is 33.3 Å². The lowest BCUT2D eigenvalue weighted by molar-refractivity contribution is 0.0839. The Hall–Kier alpha value is -1.40. The number of rotatable bonds is 4. The quantitative estimate of drug-likeness (QED) is 0.819. The van der Waals surface area contributed by atoms with Crippen molar-refractivity contribution in [2.24, 2.45) is 0 Å². The molecule has 0 radical (unpaired) electrons. The van der Waals surface area contributed by atoms with E-state index in [2.05, 4.69) is 20.2 Å². The van der Waals surface area contributed by atoms with Crippen molar-refractivity contribution in [2.75, 3.05) is 37.5 Å². The third-order valence-electron chi connectivity index (χ3n) is 3.06. The van der Waals surface area contributed by atoms with Crippen molar-refractivity contribution in [2.45, 2.75) is 25.6 Å². The molecule has 1 aromatic heterocycles. The predicted octanol–water partition coefficient (Wildman–Crippen LogP) is 0.626. The minimum Gasteiger partial charge on any atom is -0.388 e. The summed E-state index contributed by atoms with van der Waals surface area (Å²) in [4.78, 5) is 10.8. The van der Waals surface area contributed by atoms with Gasteiger partial charge in [0.15, 0.2) is 5.82 Å².